The number of rotatable bonds is 3. The van der Waals surface area contributed by atoms with Crippen molar-refractivity contribution in [3.63, 3.8) is 0 Å². The summed E-state index contributed by atoms with van der Waals surface area (Å²) < 4.78 is 6.52. The van der Waals surface area contributed by atoms with Crippen molar-refractivity contribution < 1.29 is 9.53 Å². The quantitative estimate of drug-likeness (QED) is 0.626. The molecule has 4 nitrogen and oxygen atoms in total. The van der Waals surface area contributed by atoms with Crippen molar-refractivity contribution >= 4 is 12.4 Å². The van der Waals surface area contributed by atoms with Gasteiger partial charge in [0.1, 0.15) is 5.69 Å². The molecule has 0 aliphatic rings. The molecule has 0 unspecified atom stereocenters. The molecule has 0 fully saturated rings. The first-order valence-corrected chi connectivity index (χ1v) is 3.43. The summed E-state index contributed by atoms with van der Waals surface area (Å²) in [6.07, 6.45) is 2.23. The van der Waals surface area contributed by atoms with Crippen LogP contribution < -0.4 is 4.74 Å². The second-order valence-electron chi connectivity index (χ2n) is 2.25. The highest BCUT2D eigenvalue weighted by Crippen LogP contribution is 2.20. The number of aromatic nitrogens is 2. The smallest absolute Gasteiger partial charge is 0.219 e. The fraction of sp³-hybridized carbons (Fsp3) is 0.250. The largest absolute Gasteiger partial charge is 0.481 e. The van der Waals surface area contributed by atoms with Crippen molar-refractivity contribution in [2.75, 3.05) is 7.11 Å². The minimum atomic E-state index is 0.351. The van der Waals surface area contributed by atoms with Crippen LogP contribution in [0.25, 0.3) is 6.08 Å². The van der Waals surface area contributed by atoms with E-state index < -0.39 is 0 Å². The summed E-state index contributed by atoms with van der Waals surface area (Å²) in [4.78, 5) is 10.5. The van der Waals surface area contributed by atoms with Crippen molar-refractivity contribution in [2.24, 2.45) is 7.05 Å². The molecule has 1 heterocycles. The van der Waals surface area contributed by atoms with Gasteiger partial charge in [-0.3, -0.25) is 4.79 Å². The highest BCUT2D eigenvalue weighted by atomic mass is 16.5. The molecule has 0 aliphatic heterocycles. The van der Waals surface area contributed by atoms with Crippen molar-refractivity contribution in [3.8, 4) is 5.88 Å². The minimum Gasteiger partial charge on any atom is -0.481 e. The lowest BCUT2D eigenvalue weighted by Crippen LogP contribution is -1.95. The zero-order valence-corrected chi connectivity index (χ0v) is 7.07. The topological polar surface area (TPSA) is 44.1 Å². The van der Waals surface area contributed by atoms with Gasteiger partial charge >= 0.3 is 0 Å². The molecule has 0 N–H and O–H groups in total. The Morgan fingerprint density at radius 1 is 1.67 bits per heavy atom. The van der Waals surface area contributed by atoms with Crippen LogP contribution in [-0.4, -0.2) is 23.2 Å². The lowest BCUT2D eigenvalue weighted by molar-refractivity contribution is 0.111. The first kappa shape index (κ1) is 8.52. The zero-order valence-electron chi connectivity index (χ0n) is 7.07. The van der Waals surface area contributed by atoms with Crippen LogP contribution in [0.1, 0.15) is 16.1 Å². The normalized spacial score (nSPS) is 9.50. The minimum absolute atomic E-state index is 0.351. The van der Waals surface area contributed by atoms with Crippen LogP contribution in [0, 0.1) is 0 Å². The second-order valence-corrected chi connectivity index (χ2v) is 2.25. The molecular formula is C8H10N2O2. The van der Waals surface area contributed by atoms with Crippen LogP contribution in [0.15, 0.2) is 6.58 Å². The summed E-state index contributed by atoms with van der Waals surface area (Å²) in [5.41, 5.74) is 0.986. The maximum absolute atomic E-state index is 10.5. The van der Waals surface area contributed by atoms with Crippen molar-refractivity contribution in [1.29, 1.82) is 0 Å². The van der Waals surface area contributed by atoms with E-state index in [9.17, 15) is 4.79 Å². The maximum Gasteiger partial charge on any atom is 0.219 e. The van der Waals surface area contributed by atoms with E-state index in [0.29, 0.717) is 23.4 Å². The van der Waals surface area contributed by atoms with Gasteiger partial charge in [-0.2, -0.15) is 5.10 Å². The Bertz CT molecular complexity index is 315. The summed E-state index contributed by atoms with van der Waals surface area (Å²) in [5.74, 6) is 0.548. The van der Waals surface area contributed by atoms with Crippen LogP contribution in [-0.2, 0) is 7.05 Å². The van der Waals surface area contributed by atoms with Gasteiger partial charge in [0.15, 0.2) is 6.29 Å². The van der Waals surface area contributed by atoms with Gasteiger partial charge < -0.3 is 4.74 Å². The lowest BCUT2D eigenvalue weighted by Gasteiger charge is -1.99. The van der Waals surface area contributed by atoms with E-state index in [2.05, 4.69) is 11.7 Å². The molecule has 0 bridgehead atoms. The average molecular weight is 166 g/mol. The fourth-order valence-corrected chi connectivity index (χ4v) is 1.07. The number of carbonyl (C=O) groups is 1. The summed E-state index contributed by atoms with van der Waals surface area (Å²) >= 11 is 0. The Morgan fingerprint density at radius 2 is 2.33 bits per heavy atom. The molecule has 0 spiro atoms. The third-order valence-electron chi connectivity index (χ3n) is 1.57. The van der Waals surface area contributed by atoms with Gasteiger partial charge in [0.25, 0.3) is 0 Å². The van der Waals surface area contributed by atoms with Crippen molar-refractivity contribution in [3.05, 3.63) is 17.8 Å². The average Bonchev–Trinajstić information content (AvgIpc) is 2.40. The van der Waals surface area contributed by atoms with E-state index in [1.165, 1.54) is 11.8 Å². The van der Waals surface area contributed by atoms with Gasteiger partial charge in [-0.1, -0.05) is 12.7 Å². The lowest BCUT2D eigenvalue weighted by atomic mass is 10.2. The Hall–Kier alpha value is -1.58. The molecule has 0 saturated heterocycles. The van der Waals surface area contributed by atoms with Gasteiger partial charge in [0, 0.05) is 7.05 Å². The standard InChI is InChI=1S/C8H10N2O2/c1-4-6-7(5-11)9-10(2)8(6)12-3/h4-5H,1H2,2-3H3. The third-order valence-corrected chi connectivity index (χ3v) is 1.57. The number of methoxy groups -OCH3 is 1. The summed E-state index contributed by atoms with van der Waals surface area (Å²) in [5, 5.41) is 3.92. The SMILES string of the molecule is C=Cc1c(C=O)nn(C)c1OC. The third kappa shape index (κ3) is 1.11. The predicted octanol–water partition coefficient (Wildman–Crippen LogP) is 0.884. The second kappa shape index (κ2) is 3.21. The molecule has 64 valence electrons. The Balaban J connectivity index is 3.34. The number of hydrogen-bond donors (Lipinski definition) is 0. The Labute approximate surface area is 70.4 Å². The van der Waals surface area contributed by atoms with Crippen LogP contribution >= 0.6 is 0 Å². The number of aldehydes is 1. The van der Waals surface area contributed by atoms with E-state index in [-0.39, 0.29) is 0 Å². The molecule has 0 atom stereocenters. The zero-order chi connectivity index (χ0) is 9.14. The number of aryl methyl sites for hydroxylation is 1. The number of nitrogens with zero attached hydrogens (tertiary/aromatic N) is 2. The molecule has 1 rings (SSSR count). The number of hydrogen-bond acceptors (Lipinski definition) is 3. The predicted molar refractivity (Wildman–Crippen MR) is 45.2 cm³/mol. The molecule has 0 radical (unpaired) electrons. The summed E-state index contributed by atoms with van der Waals surface area (Å²) in [6.45, 7) is 3.57. The van der Waals surface area contributed by atoms with Gasteiger partial charge in [-0.25, -0.2) is 4.68 Å². The first-order chi connectivity index (χ1) is 5.74. The molecular weight excluding hydrogens is 156 g/mol. The molecule has 12 heavy (non-hydrogen) atoms. The van der Waals surface area contributed by atoms with Crippen LogP contribution in [0.5, 0.6) is 5.88 Å². The molecule has 0 amide bonds. The van der Waals surface area contributed by atoms with Crippen molar-refractivity contribution in [2.45, 2.75) is 0 Å². The molecule has 1 aromatic heterocycles. The van der Waals surface area contributed by atoms with E-state index in [1.54, 1.807) is 13.1 Å². The molecule has 1 aromatic rings. The number of carbonyl (C=O) groups excluding carboxylic acids is 1. The summed E-state index contributed by atoms with van der Waals surface area (Å²) in [6, 6.07) is 0. The van der Waals surface area contributed by atoms with Gasteiger partial charge in [-0.15, -0.1) is 0 Å². The maximum atomic E-state index is 10.5. The van der Waals surface area contributed by atoms with E-state index in [0.717, 1.165) is 0 Å². The van der Waals surface area contributed by atoms with Crippen LogP contribution in [0.3, 0.4) is 0 Å². The Kier molecular flexibility index (Phi) is 2.28. The van der Waals surface area contributed by atoms with Gasteiger partial charge in [0.05, 0.1) is 12.7 Å². The molecule has 4 heteroatoms. The fourth-order valence-electron chi connectivity index (χ4n) is 1.07. The molecule has 0 aromatic carbocycles. The molecule has 0 aliphatic carbocycles. The van der Waals surface area contributed by atoms with Crippen LogP contribution in [0.2, 0.25) is 0 Å². The highest BCUT2D eigenvalue weighted by molar-refractivity contribution is 5.80. The van der Waals surface area contributed by atoms with Gasteiger partial charge in [-0.05, 0) is 0 Å². The first-order valence-electron chi connectivity index (χ1n) is 3.43. The Morgan fingerprint density at radius 3 is 2.75 bits per heavy atom. The van der Waals surface area contributed by atoms with Crippen LogP contribution in [0.4, 0.5) is 0 Å². The van der Waals surface area contributed by atoms with E-state index >= 15 is 0 Å². The summed E-state index contributed by atoms with van der Waals surface area (Å²) in [7, 11) is 3.23. The van der Waals surface area contributed by atoms with E-state index in [1.807, 2.05) is 0 Å². The molecule has 0 saturated carbocycles. The van der Waals surface area contributed by atoms with Crippen molar-refractivity contribution in [1.82, 2.24) is 9.78 Å². The monoisotopic (exact) mass is 166 g/mol. The highest BCUT2D eigenvalue weighted by Gasteiger charge is 2.12. The van der Waals surface area contributed by atoms with E-state index in [4.69, 9.17) is 4.74 Å². The van der Waals surface area contributed by atoms with Gasteiger partial charge in [0.2, 0.25) is 5.88 Å². The number of ether oxygens (including phenoxy) is 1.